The second-order valence-electron chi connectivity index (χ2n) is 5.53. The Bertz CT molecular complexity index is 634. The van der Waals surface area contributed by atoms with Crippen molar-refractivity contribution in [3.63, 3.8) is 0 Å². The molecule has 0 aliphatic rings. The Hall–Kier alpha value is -2.90. The first-order valence-corrected chi connectivity index (χ1v) is 8.32. The molecule has 1 aromatic carbocycles. The van der Waals surface area contributed by atoms with Gasteiger partial charge in [0.1, 0.15) is 0 Å². The fourth-order valence-electron chi connectivity index (χ4n) is 2.07. The van der Waals surface area contributed by atoms with Gasteiger partial charge in [-0.05, 0) is 25.0 Å². The van der Waals surface area contributed by atoms with Crippen molar-refractivity contribution in [1.29, 1.82) is 0 Å². The molecule has 0 aromatic heterocycles. The Morgan fingerprint density at radius 3 is 1.35 bits per heavy atom. The maximum atomic E-state index is 12.3. The first-order valence-electron chi connectivity index (χ1n) is 8.32. The molecule has 0 heterocycles. The normalized spacial score (nSPS) is 10.2. The number of carboxylic acids is 2. The summed E-state index contributed by atoms with van der Waals surface area (Å²) in [5.74, 6) is -4.87. The van der Waals surface area contributed by atoms with Crippen molar-refractivity contribution in [1.82, 2.24) is 0 Å². The molecular formula is C18H22O8. The zero-order valence-electron chi connectivity index (χ0n) is 14.7. The maximum Gasteiger partial charge on any atom is 0.339 e. The van der Waals surface area contributed by atoms with Crippen molar-refractivity contribution in [2.45, 2.75) is 39.5 Å². The van der Waals surface area contributed by atoms with Crippen LogP contribution in [-0.2, 0) is 9.47 Å². The van der Waals surface area contributed by atoms with Gasteiger partial charge in [0.2, 0.25) is 0 Å². The standard InChI is InChI=1S/C18H22O8/c1-3-5-7-25-17(23)13-9-11(15(19)20)12(16(21)22)10-14(13)18(24)26-8-6-4-2/h9-10H,3-8H2,1-2H3,(H,19,20)(H,21,22). The quantitative estimate of drug-likeness (QED) is 0.478. The Kier molecular flexibility index (Phi) is 8.27. The summed E-state index contributed by atoms with van der Waals surface area (Å²) in [6.45, 7) is 3.99. The van der Waals surface area contributed by atoms with Gasteiger partial charge < -0.3 is 19.7 Å². The third kappa shape index (κ3) is 5.58. The summed E-state index contributed by atoms with van der Waals surface area (Å²) in [5, 5.41) is 18.4. The van der Waals surface area contributed by atoms with Crippen LogP contribution in [0.4, 0.5) is 0 Å². The van der Waals surface area contributed by atoms with E-state index in [0.717, 1.165) is 25.0 Å². The van der Waals surface area contributed by atoms with Crippen LogP contribution < -0.4 is 0 Å². The number of ether oxygens (including phenoxy) is 2. The van der Waals surface area contributed by atoms with Gasteiger partial charge in [0.05, 0.1) is 35.5 Å². The summed E-state index contributed by atoms with van der Waals surface area (Å²) in [4.78, 5) is 47.2. The Morgan fingerprint density at radius 1 is 0.731 bits per heavy atom. The summed E-state index contributed by atoms with van der Waals surface area (Å²) in [7, 11) is 0. The highest BCUT2D eigenvalue weighted by Gasteiger charge is 2.27. The van der Waals surface area contributed by atoms with E-state index in [1.165, 1.54) is 0 Å². The largest absolute Gasteiger partial charge is 0.478 e. The molecule has 1 aromatic rings. The molecule has 8 nitrogen and oxygen atoms in total. The summed E-state index contributed by atoms with van der Waals surface area (Å²) in [6.07, 6.45) is 2.75. The van der Waals surface area contributed by atoms with E-state index in [2.05, 4.69) is 0 Å². The SMILES string of the molecule is CCCCOC(=O)c1cc(C(=O)O)c(C(=O)O)cc1C(=O)OCCCC. The maximum absolute atomic E-state index is 12.3. The third-order valence-electron chi connectivity index (χ3n) is 3.52. The number of unbranched alkanes of at least 4 members (excludes halogenated alkanes) is 2. The Balaban J connectivity index is 3.34. The van der Waals surface area contributed by atoms with Crippen molar-refractivity contribution >= 4 is 23.9 Å². The van der Waals surface area contributed by atoms with Gasteiger partial charge in [-0.1, -0.05) is 26.7 Å². The zero-order valence-corrected chi connectivity index (χ0v) is 14.7. The molecule has 1 rings (SSSR count). The van der Waals surface area contributed by atoms with E-state index >= 15 is 0 Å². The summed E-state index contributed by atoms with van der Waals surface area (Å²) in [6, 6.07) is 1.69. The topological polar surface area (TPSA) is 127 Å². The van der Waals surface area contributed by atoms with E-state index < -0.39 is 35.0 Å². The summed E-state index contributed by atoms with van der Waals surface area (Å²) in [5.41, 5.74) is -1.87. The molecule has 0 radical (unpaired) electrons. The summed E-state index contributed by atoms with van der Waals surface area (Å²) >= 11 is 0. The Morgan fingerprint density at radius 2 is 1.08 bits per heavy atom. The van der Waals surface area contributed by atoms with Gasteiger partial charge in [-0.3, -0.25) is 0 Å². The average molecular weight is 366 g/mol. The van der Waals surface area contributed by atoms with Crippen LogP contribution in [0.2, 0.25) is 0 Å². The molecule has 2 N–H and O–H groups in total. The lowest BCUT2D eigenvalue weighted by Crippen LogP contribution is -2.19. The molecule has 26 heavy (non-hydrogen) atoms. The van der Waals surface area contributed by atoms with Gasteiger partial charge in [0.15, 0.2) is 0 Å². The van der Waals surface area contributed by atoms with Crippen molar-refractivity contribution in [3.05, 3.63) is 34.4 Å². The lowest BCUT2D eigenvalue weighted by atomic mass is 9.98. The molecule has 0 saturated heterocycles. The molecule has 0 atom stereocenters. The fourth-order valence-corrected chi connectivity index (χ4v) is 2.07. The molecule has 0 aliphatic heterocycles. The highest BCUT2D eigenvalue weighted by molar-refractivity contribution is 6.09. The molecule has 0 spiro atoms. The predicted molar refractivity (Wildman–Crippen MR) is 90.7 cm³/mol. The van der Waals surface area contributed by atoms with Crippen molar-refractivity contribution in [3.8, 4) is 0 Å². The number of hydrogen-bond acceptors (Lipinski definition) is 6. The second-order valence-corrected chi connectivity index (χ2v) is 5.53. The number of carbonyl (C=O) groups excluding carboxylic acids is 2. The number of benzene rings is 1. The number of rotatable bonds is 10. The molecule has 142 valence electrons. The van der Waals surface area contributed by atoms with Crippen LogP contribution in [0.3, 0.4) is 0 Å². The van der Waals surface area contributed by atoms with Gasteiger partial charge in [-0.2, -0.15) is 0 Å². The number of carboxylic acid groups (broad SMARTS) is 2. The van der Waals surface area contributed by atoms with Crippen LogP contribution >= 0.6 is 0 Å². The van der Waals surface area contributed by atoms with Gasteiger partial charge >= 0.3 is 23.9 Å². The molecular weight excluding hydrogens is 344 g/mol. The molecule has 0 bridgehead atoms. The van der Waals surface area contributed by atoms with Crippen molar-refractivity contribution in [2.75, 3.05) is 13.2 Å². The molecule has 0 unspecified atom stereocenters. The predicted octanol–water partition coefficient (Wildman–Crippen LogP) is 3.00. The Labute approximate surface area is 150 Å². The van der Waals surface area contributed by atoms with Crippen LogP contribution in [0.5, 0.6) is 0 Å². The first kappa shape index (κ1) is 21.1. The lowest BCUT2D eigenvalue weighted by molar-refractivity contribution is 0.0451. The first-order chi connectivity index (χ1) is 12.3. The zero-order chi connectivity index (χ0) is 19.7. The van der Waals surface area contributed by atoms with E-state index in [9.17, 15) is 29.4 Å². The highest BCUT2D eigenvalue weighted by atomic mass is 16.5. The van der Waals surface area contributed by atoms with Crippen LogP contribution in [0, 0.1) is 0 Å². The third-order valence-corrected chi connectivity index (χ3v) is 3.52. The molecule has 0 amide bonds. The molecule has 0 fully saturated rings. The smallest absolute Gasteiger partial charge is 0.339 e. The van der Waals surface area contributed by atoms with E-state index in [-0.39, 0.29) is 24.3 Å². The second kappa shape index (κ2) is 10.2. The molecule has 8 heteroatoms. The van der Waals surface area contributed by atoms with Crippen molar-refractivity contribution < 1.29 is 38.9 Å². The minimum Gasteiger partial charge on any atom is -0.478 e. The van der Waals surface area contributed by atoms with Gasteiger partial charge in [0, 0.05) is 0 Å². The van der Waals surface area contributed by atoms with Crippen molar-refractivity contribution in [2.24, 2.45) is 0 Å². The number of aromatic carboxylic acids is 2. The average Bonchev–Trinajstić information content (AvgIpc) is 2.60. The lowest BCUT2D eigenvalue weighted by Gasteiger charge is -2.12. The van der Waals surface area contributed by atoms with Gasteiger partial charge in [0.25, 0.3) is 0 Å². The van der Waals surface area contributed by atoms with Crippen LogP contribution in [0.1, 0.15) is 81.0 Å². The highest BCUT2D eigenvalue weighted by Crippen LogP contribution is 2.20. The minimum absolute atomic E-state index is 0.0999. The van der Waals surface area contributed by atoms with Gasteiger partial charge in [-0.25, -0.2) is 19.2 Å². The summed E-state index contributed by atoms with van der Waals surface area (Å²) < 4.78 is 10.1. The van der Waals surface area contributed by atoms with Crippen LogP contribution in [-0.4, -0.2) is 47.3 Å². The van der Waals surface area contributed by atoms with Gasteiger partial charge in [-0.15, -0.1) is 0 Å². The molecule has 0 saturated carbocycles. The van der Waals surface area contributed by atoms with E-state index in [1.807, 2.05) is 13.8 Å². The van der Waals surface area contributed by atoms with Crippen LogP contribution in [0.15, 0.2) is 12.1 Å². The van der Waals surface area contributed by atoms with Crippen LogP contribution in [0.25, 0.3) is 0 Å². The monoisotopic (exact) mass is 366 g/mol. The van der Waals surface area contributed by atoms with E-state index in [0.29, 0.717) is 12.8 Å². The van der Waals surface area contributed by atoms with E-state index in [1.54, 1.807) is 0 Å². The number of carbonyl (C=O) groups is 4. The molecule has 0 aliphatic carbocycles. The number of hydrogen-bond donors (Lipinski definition) is 2. The fraction of sp³-hybridized carbons (Fsp3) is 0.444. The van der Waals surface area contributed by atoms with E-state index in [4.69, 9.17) is 9.47 Å². The number of esters is 2. The minimum atomic E-state index is -1.53.